The number of rotatable bonds is 4. The SMILES string of the molecule is CCC(O)(Cc1ccc(F)cc1Br)C1CC1. The summed E-state index contributed by atoms with van der Waals surface area (Å²) in [5, 5.41) is 10.5. The van der Waals surface area contributed by atoms with Gasteiger partial charge in [-0.25, -0.2) is 4.39 Å². The smallest absolute Gasteiger partial charge is 0.124 e. The van der Waals surface area contributed by atoms with Gasteiger partial charge in [-0.2, -0.15) is 0 Å². The zero-order valence-corrected chi connectivity index (χ0v) is 10.9. The average molecular weight is 287 g/mol. The van der Waals surface area contributed by atoms with E-state index in [-0.39, 0.29) is 5.82 Å². The molecule has 1 aromatic rings. The Morgan fingerprint density at radius 3 is 2.69 bits per heavy atom. The lowest BCUT2D eigenvalue weighted by Gasteiger charge is -2.27. The van der Waals surface area contributed by atoms with Crippen molar-refractivity contribution in [2.75, 3.05) is 0 Å². The minimum absolute atomic E-state index is 0.248. The molecule has 2 rings (SSSR count). The molecule has 0 aliphatic heterocycles. The topological polar surface area (TPSA) is 20.2 Å². The molecule has 1 aromatic carbocycles. The Kier molecular flexibility index (Phi) is 3.36. The van der Waals surface area contributed by atoms with Gasteiger partial charge in [0, 0.05) is 10.9 Å². The molecule has 3 heteroatoms. The van der Waals surface area contributed by atoms with Crippen LogP contribution >= 0.6 is 15.9 Å². The van der Waals surface area contributed by atoms with E-state index in [9.17, 15) is 9.50 Å². The summed E-state index contributed by atoms with van der Waals surface area (Å²) in [5.41, 5.74) is 0.373. The van der Waals surface area contributed by atoms with E-state index in [1.165, 1.54) is 12.1 Å². The molecule has 0 spiro atoms. The Morgan fingerprint density at radius 2 is 2.19 bits per heavy atom. The summed E-state index contributed by atoms with van der Waals surface area (Å²) in [6, 6.07) is 4.66. The quantitative estimate of drug-likeness (QED) is 0.895. The van der Waals surface area contributed by atoms with Crippen LogP contribution in [-0.2, 0) is 6.42 Å². The maximum absolute atomic E-state index is 12.9. The van der Waals surface area contributed by atoms with Gasteiger partial charge in [0.15, 0.2) is 0 Å². The van der Waals surface area contributed by atoms with Crippen molar-refractivity contribution >= 4 is 15.9 Å². The summed E-state index contributed by atoms with van der Waals surface area (Å²) in [5.74, 6) is 0.177. The number of aliphatic hydroxyl groups is 1. The Hall–Kier alpha value is -0.410. The Bertz CT molecular complexity index is 390. The van der Waals surface area contributed by atoms with Crippen molar-refractivity contribution in [1.29, 1.82) is 0 Å². The second-order valence-electron chi connectivity index (χ2n) is 4.64. The first-order valence-electron chi connectivity index (χ1n) is 5.71. The van der Waals surface area contributed by atoms with E-state index in [2.05, 4.69) is 15.9 Å². The molecular weight excluding hydrogens is 271 g/mol. The molecule has 0 bridgehead atoms. The van der Waals surface area contributed by atoms with Crippen molar-refractivity contribution in [2.45, 2.75) is 38.2 Å². The Balaban J connectivity index is 2.18. The normalized spacial score (nSPS) is 19.5. The van der Waals surface area contributed by atoms with E-state index < -0.39 is 5.60 Å². The van der Waals surface area contributed by atoms with Gasteiger partial charge in [0.1, 0.15) is 5.82 Å². The molecule has 0 radical (unpaired) electrons. The van der Waals surface area contributed by atoms with Gasteiger partial charge in [-0.3, -0.25) is 0 Å². The number of hydrogen-bond donors (Lipinski definition) is 1. The fourth-order valence-electron chi connectivity index (χ4n) is 2.17. The summed E-state index contributed by atoms with van der Waals surface area (Å²) < 4.78 is 13.7. The van der Waals surface area contributed by atoms with Crippen LogP contribution in [0.3, 0.4) is 0 Å². The molecule has 88 valence electrons. The van der Waals surface area contributed by atoms with Crippen molar-refractivity contribution in [3.63, 3.8) is 0 Å². The van der Waals surface area contributed by atoms with Crippen LogP contribution in [0.15, 0.2) is 22.7 Å². The molecule has 16 heavy (non-hydrogen) atoms. The highest BCUT2D eigenvalue weighted by molar-refractivity contribution is 9.10. The van der Waals surface area contributed by atoms with Crippen LogP contribution in [0.1, 0.15) is 31.7 Å². The predicted molar refractivity (Wildman–Crippen MR) is 65.8 cm³/mol. The fourth-order valence-corrected chi connectivity index (χ4v) is 2.66. The highest BCUT2D eigenvalue weighted by Crippen LogP contribution is 2.43. The maximum Gasteiger partial charge on any atom is 0.124 e. The Morgan fingerprint density at radius 1 is 1.50 bits per heavy atom. The van der Waals surface area contributed by atoms with Gasteiger partial charge in [-0.05, 0) is 42.9 Å². The van der Waals surface area contributed by atoms with Crippen LogP contribution < -0.4 is 0 Å². The standard InChI is InChI=1S/C13H16BrFO/c1-2-13(16,10-4-5-10)8-9-3-6-11(15)7-12(9)14/h3,6-7,10,16H,2,4-5,8H2,1H3. The van der Waals surface area contributed by atoms with Gasteiger partial charge < -0.3 is 5.11 Å². The highest BCUT2D eigenvalue weighted by Gasteiger charge is 2.42. The van der Waals surface area contributed by atoms with Gasteiger partial charge in [0.25, 0.3) is 0 Å². The molecule has 1 saturated carbocycles. The lowest BCUT2D eigenvalue weighted by molar-refractivity contribution is 0.0137. The molecule has 1 unspecified atom stereocenters. The van der Waals surface area contributed by atoms with Crippen molar-refractivity contribution in [1.82, 2.24) is 0 Å². The van der Waals surface area contributed by atoms with Crippen LogP contribution in [0.4, 0.5) is 4.39 Å². The summed E-state index contributed by atoms with van der Waals surface area (Å²) in [6.45, 7) is 2.01. The molecule has 1 aliphatic carbocycles. The molecule has 1 N–H and O–H groups in total. The molecule has 1 fully saturated rings. The van der Waals surface area contributed by atoms with E-state index in [1.54, 1.807) is 6.07 Å². The molecule has 1 aliphatic rings. The third-order valence-electron chi connectivity index (χ3n) is 3.46. The second-order valence-corrected chi connectivity index (χ2v) is 5.50. The summed E-state index contributed by atoms with van der Waals surface area (Å²) in [7, 11) is 0. The molecule has 0 heterocycles. The van der Waals surface area contributed by atoms with Crippen molar-refractivity contribution in [3.05, 3.63) is 34.1 Å². The third kappa shape index (κ3) is 2.46. The van der Waals surface area contributed by atoms with Crippen LogP contribution in [0, 0.1) is 11.7 Å². The van der Waals surface area contributed by atoms with E-state index in [1.807, 2.05) is 6.92 Å². The second kappa shape index (κ2) is 4.46. The van der Waals surface area contributed by atoms with Gasteiger partial charge in [-0.1, -0.05) is 28.9 Å². The molecular formula is C13H16BrFO. The molecule has 1 nitrogen and oxygen atoms in total. The minimum atomic E-state index is -0.611. The fraction of sp³-hybridized carbons (Fsp3) is 0.538. The van der Waals surface area contributed by atoms with Crippen LogP contribution in [0.2, 0.25) is 0 Å². The van der Waals surface area contributed by atoms with E-state index >= 15 is 0 Å². The average Bonchev–Trinajstić information content (AvgIpc) is 3.06. The number of benzene rings is 1. The van der Waals surface area contributed by atoms with E-state index in [0.717, 1.165) is 29.3 Å². The summed E-state index contributed by atoms with van der Waals surface area (Å²) in [4.78, 5) is 0. The largest absolute Gasteiger partial charge is 0.389 e. The highest BCUT2D eigenvalue weighted by atomic mass is 79.9. The Labute approximate surface area is 104 Å². The minimum Gasteiger partial charge on any atom is -0.389 e. The first-order chi connectivity index (χ1) is 7.55. The first-order valence-corrected chi connectivity index (χ1v) is 6.51. The molecule has 0 aromatic heterocycles. The van der Waals surface area contributed by atoms with Gasteiger partial charge in [0.05, 0.1) is 5.60 Å². The van der Waals surface area contributed by atoms with Crippen molar-refractivity contribution in [3.8, 4) is 0 Å². The monoisotopic (exact) mass is 286 g/mol. The van der Waals surface area contributed by atoms with Crippen LogP contribution in [-0.4, -0.2) is 10.7 Å². The number of hydrogen-bond acceptors (Lipinski definition) is 1. The third-order valence-corrected chi connectivity index (χ3v) is 4.20. The van der Waals surface area contributed by atoms with Crippen molar-refractivity contribution < 1.29 is 9.50 Å². The number of halogens is 2. The molecule has 0 saturated heterocycles. The van der Waals surface area contributed by atoms with E-state index in [4.69, 9.17) is 0 Å². The van der Waals surface area contributed by atoms with Crippen molar-refractivity contribution in [2.24, 2.45) is 5.92 Å². The van der Waals surface area contributed by atoms with Crippen LogP contribution in [0.25, 0.3) is 0 Å². The molecule has 1 atom stereocenters. The lowest BCUT2D eigenvalue weighted by atomic mass is 9.87. The van der Waals surface area contributed by atoms with Crippen LogP contribution in [0.5, 0.6) is 0 Å². The lowest BCUT2D eigenvalue weighted by Crippen LogP contribution is -2.33. The molecule has 0 amide bonds. The first kappa shape index (κ1) is 12.1. The maximum atomic E-state index is 12.9. The van der Waals surface area contributed by atoms with Gasteiger partial charge in [0.2, 0.25) is 0 Å². The van der Waals surface area contributed by atoms with Gasteiger partial charge in [-0.15, -0.1) is 0 Å². The predicted octanol–water partition coefficient (Wildman–Crippen LogP) is 3.68. The zero-order chi connectivity index (χ0) is 11.8. The summed E-state index contributed by atoms with van der Waals surface area (Å²) >= 11 is 3.35. The van der Waals surface area contributed by atoms with E-state index in [0.29, 0.717) is 12.3 Å². The summed E-state index contributed by atoms with van der Waals surface area (Å²) in [6.07, 6.45) is 3.59. The van der Waals surface area contributed by atoms with Gasteiger partial charge >= 0.3 is 0 Å². The zero-order valence-electron chi connectivity index (χ0n) is 9.34.